The zero-order valence-corrected chi connectivity index (χ0v) is 12.4. The van der Waals surface area contributed by atoms with Crippen LogP contribution in [0.3, 0.4) is 0 Å². The van der Waals surface area contributed by atoms with Crippen molar-refractivity contribution < 1.29 is 4.92 Å². The molecule has 1 aromatic heterocycles. The van der Waals surface area contributed by atoms with Gasteiger partial charge in [-0.25, -0.2) is 4.98 Å². The van der Waals surface area contributed by atoms with Crippen molar-refractivity contribution in [2.75, 3.05) is 0 Å². The van der Waals surface area contributed by atoms with Crippen molar-refractivity contribution in [1.29, 1.82) is 0 Å². The molecule has 3 rings (SSSR count). The number of nitro groups is 1. The molecule has 0 bridgehead atoms. The third-order valence-corrected chi connectivity index (χ3v) is 3.55. The zero-order chi connectivity index (χ0) is 16.4. The number of halogens is 1. The fraction of sp³-hybridized carbons (Fsp3) is 0. The van der Waals surface area contributed by atoms with Crippen LogP contribution in [0.1, 0.15) is 11.3 Å². The summed E-state index contributed by atoms with van der Waals surface area (Å²) in [6.07, 6.45) is 3.09. The molecular formula is C16H10ClN3O3. The Labute approximate surface area is 135 Å². The highest BCUT2D eigenvalue weighted by Crippen LogP contribution is 2.25. The van der Waals surface area contributed by atoms with Gasteiger partial charge in [0.2, 0.25) is 0 Å². The van der Waals surface area contributed by atoms with Gasteiger partial charge in [0.1, 0.15) is 10.7 Å². The second kappa shape index (κ2) is 6.02. The molecule has 7 heteroatoms. The average Bonchev–Trinajstić information content (AvgIpc) is 2.53. The van der Waals surface area contributed by atoms with Crippen molar-refractivity contribution in [3.8, 4) is 0 Å². The monoisotopic (exact) mass is 327 g/mol. The summed E-state index contributed by atoms with van der Waals surface area (Å²) in [7, 11) is 0. The summed E-state index contributed by atoms with van der Waals surface area (Å²) in [5.74, 6) is 0. The van der Waals surface area contributed by atoms with E-state index in [1.807, 2.05) is 12.1 Å². The number of H-pyrrole nitrogens is 1. The second-order valence-corrected chi connectivity index (χ2v) is 5.18. The first-order valence-corrected chi connectivity index (χ1v) is 7.03. The lowest BCUT2D eigenvalue weighted by Gasteiger charge is -1.99. The van der Waals surface area contributed by atoms with E-state index >= 15 is 0 Å². The van der Waals surface area contributed by atoms with Gasteiger partial charge >= 0.3 is 0 Å². The van der Waals surface area contributed by atoms with Crippen LogP contribution in [-0.4, -0.2) is 14.9 Å². The lowest BCUT2D eigenvalue weighted by molar-refractivity contribution is -0.384. The zero-order valence-electron chi connectivity index (χ0n) is 11.7. The van der Waals surface area contributed by atoms with Gasteiger partial charge in [-0.3, -0.25) is 14.9 Å². The number of para-hydroxylation sites is 2. The Kier molecular flexibility index (Phi) is 3.91. The third-order valence-electron chi connectivity index (χ3n) is 3.23. The third kappa shape index (κ3) is 3.12. The summed E-state index contributed by atoms with van der Waals surface area (Å²) in [4.78, 5) is 29.3. The topological polar surface area (TPSA) is 88.9 Å². The summed E-state index contributed by atoms with van der Waals surface area (Å²) in [5.41, 5.74) is 1.57. The van der Waals surface area contributed by atoms with Gasteiger partial charge in [-0.1, -0.05) is 35.9 Å². The number of nitrogens with one attached hydrogen (secondary N) is 1. The van der Waals surface area contributed by atoms with E-state index in [1.165, 1.54) is 18.2 Å². The van der Waals surface area contributed by atoms with Gasteiger partial charge in [-0.15, -0.1) is 0 Å². The molecule has 0 unspecified atom stereocenters. The predicted molar refractivity (Wildman–Crippen MR) is 89.4 cm³/mol. The van der Waals surface area contributed by atoms with E-state index in [0.717, 1.165) is 0 Å². The van der Waals surface area contributed by atoms with E-state index < -0.39 is 4.92 Å². The van der Waals surface area contributed by atoms with E-state index in [4.69, 9.17) is 11.6 Å². The first-order valence-electron chi connectivity index (χ1n) is 6.66. The predicted octanol–water partition coefficient (Wildman–Crippen LogP) is 3.66. The normalized spacial score (nSPS) is 11.2. The van der Waals surface area contributed by atoms with Gasteiger partial charge < -0.3 is 4.98 Å². The molecule has 0 amide bonds. The van der Waals surface area contributed by atoms with Crippen LogP contribution in [0.15, 0.2) is 47.3 Å². The SMILES string of the molecule is O=c1[nH]c2ccccc2nc1/C=C/c1ccc(Cl)c([N+](=O)[O-])c1. The maximum absolute atomic E-state index is 12.0. The standard InChI is InChI=1S/C16H10ClN3O3/c17-11-7-5-10(9-15(11)20(22)23)6-8-14-16(21)19-13-4-2-1-3-12(13)18-14/h1-9H,(H,19,21)/b8-6+. The summed E-state index contributed by atoms with van der Waals surface area (Å²) in [6, 6.07) is 11.6. The molecular weight excluding hydrogens is 318 g/mol. The highest BCUT2D eigenvalue weighted by Gasteiger charge is 2.11. The number of aromatic amines is 1. The van der Waals surface area contributed by atoms with Crippen LogP contribution in [0.2, 0.25) is 5.02 Å². The van der Waals surface area contributed by atoms with Gasteiger partial charge in [0, 0.05) is 6.07 Å². The molecule has 0 radical (unpaired) electrons. The Morgan fingerprint density at radius 3 is 2.74 bits per heavy atom. The van der Waals surface area contributed by atoms with Gasteiger partial charge in [-0.2, -0.15) is 0 Å². The molecule has 0 atom stereocenters. The van der Waals surface area contributed by atoms with Crippen molar-refractivity contribution in [1.82, 2.24) is 9.97 Å². The Hall–Kier alpha value is -2.99. The molecule has 0 aliphatic rings. The van der Waals surface area contributed by atoms with E-state index in [0.29, 0.717) is 16.6 Å². The van der Waals surface area contributed by atoms with Crippen molar-refractivity contribution >= 4 is 40.5 Å². The molecule has 1 N–H and O–H groups in total. The number of fused-ring (bicyclic) bond motifs is 1. The lowest BCUT2D eigenvalue weighted by atomic mass is 10.1. The van der Waals surface area contributed by atoms with E-state index in [1.54, 1.807) is 24.3 Å². The minimum atomic E-state index is -0.555. The lowest BCUT2D eigenvalue weighted by Crippen LogP contribution is -2.11. The highest BCUT2D eigenvalue weighted by molar-refractivity contribution is 6.32. The Morgan fingerprint density at radius 2 is 1.96 bits per heavy atom. The second-order valence-electron chi connectivity index (χ2n) is 4.77. The fourth-order valence-electron chi connectivity index (χ4n) is 2.11. The van der Waals surface area contributed by atoms with Crippen molar-refractivity contribution in [3.05, 3.63) is 79.2 Å². The number of benzene rings is 2. The van der Waals surface area contributed by atoms with Gasteiger partial charge in [-0.05, 0) is 29.8 Å². The van der Waals surface area contributed by atoms with E-state index in [-0.39, 0.29) is 22.0 Å². The Bertz CT molecular complexity index is 995. The summed E-state index contributed by atoms with van der Waals surface area (Å²) < 4.78 is 0. The molecule has 6 nitrogen and oxygen atoms in total. The molecule has 0 aliphatic carbocycles. The number of nitrogens with zero attached hydrogens (tertiary/aromatic N) is 2. The molecule has 0 saturated heterocycles. The number of rotatable bonds is 3. The first kappa shape index (κ1) is 14.9. The molecule has 114 valence electrons. The smallest absolute Gasteiger partial charge is 0.288 e. The molecule has 3 aromatic rings. The van der Waals surface area contributed by atoms with Crippen LogP contribution in [0.25, 0.3) is 23.2 Å². The van der Waals surface area contributed by atoms with Crippen LogP contribution in [0, 0.1) is 10.1 Å². The fourth-order valence-corrected chi connectivity index (χ4v) is 2.29. The maximum atomic E-state index is 12.0. The number of hydrogen-bond acceptors (Lipinski definition) is 4. The molecule has 0 aliphatic heterocycles. The van der Waals surface area contributed by atoms with E-state index in [2.05, 4.69) is 9.97 Å². The van der Waals surface area contributed by atoms with Crippen LogP contribution >= 0.6 is 11.6 Å². The number of nitro benzene ring substituents is 1. The minimum Gasteiger partial charge on any atom is -0.319 e. The van der Waals surface area contributed by atoms with Crippen LogP contribution < -0.4 is 5.56 Å². The van der Waals surface area contributed by atoms with E-state index in [9.17, 15) is 14.9 Å². The molecule has 23 heavy (non-hydrogen) atoms. The molecule has 2 aromatic carbocycles. The van der Waals surface area contributed by atoms with Gasteiger partial charge in [0.25, 0.3) is 11.2 Å². The summed E-state index contributed by atoms with van der Waals surface area (Å²) >= 11 is 5.77. The van der Waals surface area contributed by atoms with Crippen LogP contribution in [0.4, 0.5) is 5.69 Å². The number of hydrogen-bond donors (Lipinski definition) is 1. The highest BCUT2D eigenvalue weighted by atomic mass is 35.5. The van der Waals surface area contributed by atoms with Crippen LogP contribution in [0.5, 0.6) is 0 Å². The minimum absolute atomic E-state index is 0.0637. The molecule has 0 spiro atoms. The summed E-state index contributed by atoms with van der Waals surface area (Å²) in [5, 5.41) is 10.9. The average molecular weight is 328 g/mol. The summed E-state index contributed by atoms with van der Waals surface area (Å²) in [6.45, 7) is 0. The van der Waals surface area contributed by atoms with Crippen molar-refractivity contribution in [2.24, 2.45) is 0 Å². The van der Waals surface area contributed by atoms with Crippen LogP contribution in [-0.2, 0) is 0 Å². The Balaban J connectivity index is 2.00. The number of aromatic nitrogens is 2. The molecule has 0 saturated carbocycles. The van der Waals surface area contributed by atoms with Crippen molar-refractivity contribution in [3.63, 3.8) is 0 Å². The Morgan fingerprint density at radius 1 is 1.17 bits per heavy atom. The van der Waals surface area contributed by atoms with Gasteiger partial charge in [0.05, 0.1) is 16.0 Å². The largest absolute Gasteiger partial charge is 0.319 e. The van der Waals surface area contributed by atoms with Crippen molar-refractivity contribution in [2.45, 2.75) is 0 Å². The first-order chi connectivity index (χ1) is 11.0. The quantitative estimate of drug-likeness (QED) is 0.587. The molecule has 0 fully saturated rings. The van der Waals surface area contributed by atoms with Gasteiger partial charge in [0.15, 0.2) is 0 Å². The molecule has 1 heterocycles. The maximum Gasteiger partial charge on any atom is 0.288 e.